The molecule has 0 saturated carbocycles. The molecule has 0 aliphatic heterocycles. The Labute approximate surface area is 465 Å². The Balaban J connectivity index is 0.00000672. The van der Waals surface area contributed by atoms with Crippen LogP contribution in [0.3, 0.4) is 0 Å². The van der Waals surface area contributed by atoms with Gasteiger partial charge in [-0.1, -0.05) is 191 Å². The van der Waals surface area contributed by atoms with Crippen LogP contribution >= 0.6 is 0 Å². The van der Waals surface area contributed by atoms with Gasteiger partial charge in [0.25, 0.3) is 0 Å². The Kier molecular flexibility index (Phi) is 13.1. The maximum atomic E-state index is 12.7. The van der Waals surface area contributed by atoms with Crippen molar-refractivity contribution >= 4 is 33.0 Å². The Morgan fingerprint density at radius 2 is 1.26 bits per heavy atom. The number of nitriles is 1. The van der Waals surface area contributed by atoms with Gasteiger partial charge in [0.05, 0.1) is 33.4 Å². The van der Waals surface area contributed by atoms with E-state index in [1.165, 1.54) is 5.56 Å². The van der Waals surface area contributed by atoms with E-state index in [-0.39, 0.29) is 49.1 Å². The van der Waals surface area contributed by atoms with Crippen LogP contribution in [-0.2, 0) is 42.7 Å². The first-order valence-corrected chi connectivity index (χ1v) is 25.9. The van der Waals surface area contributed by atoms with Crippen LogP contribution in [0.1, 0.15) is 111 Å². The summed E-state index contributed by atoms with van der Waals surface area (Å²) in [4.78, 5) is 10.7. The summed E-state index contributed by atoms with van der Waals surface area (Å²) in [6.45, 7) is 25.8. The molecule has 0 atom stereocenters. The smallest absolute Gasteiger partial charge is 0.249 e. The number of aromatic hydroxyl groups is 1. The SMILES string of the molecule is CC(C)(C)c1ccc(-n2c(-c3cc(C(C)(C)C)cc(C(C)(C)C)c3O)nc3c(-c4[c-]c(-c5cc(-c6ccccc6)ccn5)c5oc6c(C#N)c(-c7nnc(C(C)(C)C)o7)ccc6c5c4)cccc32)c(-c2ccccc2)c1.[Pt]. The molecule has 0 unspecified atom stereocenters. The number of phenolic OH excluding ortho intramolecular Hbond substituents is 1. The van der Waals surface area contributed by atoms with Crippen molar-refractivity contribution in [2.45, 2.75) is 105 Å². The number of benzene rings is 7. The van der Waals surface area contributed by atoms with Crippen molar-refractivity contribution in [2.24, 2.45) is 0 Å². The molecule has 388 valence electrons. The summed E-state index contributed by atoms with van der Waals surface area (Å²) in [5.41, 5.74) is 13.6. The van der Waals surface area contributed by atoms with Crippen LogP contribution < -0.4 is 0 Å². The number of hydrogen-bond donors (Lipinski definition) is 1. The zero-order valence-electron chi connectivity index (χ0n) is 45.6. The van der Waals surface area contributed by atoms with Crippen LogP contribution in [0.2, 0.25) is 0 Å². The number of aromatic nitrogens is 5. The third-order valence-corrected chi connectivity index (χ3v) is 14.4. The van der Waals surface area contributed by atoms with E-state index in [0.717, 1.165) is 66.5 Å². The second-order valence-corrected chi connectivity index (χ2v) is 24.0. The van der Waals surface area contributed by atoms with Gasteiger partial charge in [-0.15, -0.1) is 27.9 Å². The number of hydrogen-bond acceptors (Lipinski definition) is 8. The first kappa shape index (κ1) is 52.5. The molecule has 0 saturated heterocycles. The molecule has 4 aromatic heterocycles. The van der Waals surface area contributed by atoms with Crippen molar-refractivity contribution < 1.29 is 35.0 Å². The molecular formula is C67H61N6O3Pt-. The molecule has 0 amide bonds. The molecule has 0 aliphatic carbocycles. The first-order valence-electron chi connectivity index (χ1n) is 25.9. The van der Waals surface area contributed by atoms with E-state index >= 15 is 0 Å². The van der Waals surface area contributed by atoms with Crippen LogP contribution in [0.4, 0.5) is 0 Å². The molecular weight excluding hydrogens is 1130 g/mol. The zero-order valence-corrected chi connectivity index (χ0v) is 47.9. The molecule has 11 aromatic rings. The summed E-state index contributed by atoms with van der Waals surface area (Å²) in [6.07, 6.45) is 1.81. The van der Waals surface area contributed by atoms with Crippen molar-refractivity contribution in [1.29, 1.82) is 5.26 Å². The van der Waals surface area contributed by atoms with Crippen molar-refractivity contribution in [3.8, 4) is 85.0 Å². The van der Waals surface area contributed by atoms with E-state index in [1.54, 1.807) is 0 Å². The number of rotatable bonds is 7. The average molecular weight is 1190 g/mol. The van der Waals surface area contributed by atoms with Crippen molar-refractivity contribution in [3.05, 3.63) is 180 Å². The molecule has 9 nitrogen and oxygen atoms in total. The van der Waals surface area contributed by atoms with E-state index in [1.807, 2.05) is 69.4 Å². The van der Waals surface area contributed by atoms with Crippen molar-refractivity contribution in [2.75, 3.05) is 0 Å². The van der Waals surface area contributed by atoms with E-state index in [0.29, 0.717) is 50.8 Å². The fraction of sp³-hybridized carbons (Fsp3) is 0.239. The van der Waals surface area contributed by atoms with E-state index in [4.69, 9.17) is 18.8 Å². The number of para-hydroxylation sites is 1. The molecule has 0 radical (unpaired) electrons. The van der Waals surface area contributed by atoms with Crippen LogP contribution in [0.25, 0.3) is 106 Å². The summed E-state index contributed by atoms with van der Waals surface area (Å²) in [6, 6.07) is 54.1. The largest absolute Gasteiger partial charge is 0.507 e. The zero-order chi connectivity index (χ0) is 53.6. The molecule has 4 heterocycles. The molecule has 0 aliphatic rings. The number of phenols is 1. The van der Waals surface area contributed by atoms with Gasteiger partial charge in [-0.3, -0.25) is 9.55 Å². The van der Waals surface area contributed by atoms with Crippen molar-refractivity contribution in [1.82, 2.24) is 24.7 Å². The fourth-order valence-electron chi connectivity index (χ4n) is 10.1. The van der Waals surface area contributed by atoms with Gasteiger partial charge in [0.1, 0.15) is 28.8 Å². The Morgan fingerprint density at radius 3 is 1.91 bits per heavy atom. The fourth-order valence-corrected chi connectivity index (χ4v) is 10.1. The van der Waals surface area contributed by atoms with Gasteiger partial charge in [-0.2, -0.15) is 5.26 Å². The van der Waals surface area contributed by atoms with Gasteiger partial charge in [-0.05, 0) is 85.8 Å². The summed E-state index contributed by atoms with van der Waals surface area (Å²) in [5, 5.41) is 33.9. The Hall–Kier alpha value is -7.92. The molecule has 77 heavy (non-hydrogen) atoms. The number of fused-ring (bicyclic) bond motifs is 4. The van der Waals surface area contributed by atoms with Gasteiger partial charge in [0.2, 0.25) is 11.8 Å². The molecule has 0 spiro atoms. The summed E-state index contributed by atoms with van der Waals surface area (Å²) >= 11 is 0. The van der Waals surface area contributed by atoms with Gasteiger partial charge in [0, 0.05) is 54.9 Å². The third kappa shape index (κ3) is 9.48. The minimum atomic E-state index is -0.392. The maximum Gasteiger partial charge on any atom is 0.249 e. The van der Waals surface area contributed by atoms with Crippen LogP contribution in [0, 0.1) is 17.4 Å². The van der Waals surface area contributed by atoms with Crippen LogP contribution in [-0.4, -0.2) is 29.8 Å². The van der Waals surface area contributed by atoms with Gasteiger partial charge in [-0.25, -0.2) is 4.98 Å². The number of imidazole rings is 1. The molecule has 0 fully saturated rings. The van der Waals surface area contributed by atoms with Crippen molar-refractivity contribution in [3.63, 3.8) is 0 Å². The quantitative estimate of drug-likeness (QED) is 0.156. The number of nitrogens with zero attached hydrogens (tertiary/aromatic N) is 6. The van der Waals surface area contributed by atoms with Crippen LogP contribution in [0.15, 0.2) is 155 Å². The van der Waals surface area contributed by atoms with Gasteiger partial charge >= 0.3 is 0 Å². The first-order chi connectivity index (χ1) is 36.1. The monoisotopic (exact) mass is 1190 g/mol. The average Bonchev–Trinajstić information content (AvgIpc) is 4.22. The van der Waals surface area contributed by atoms with E-state index < -0.39 is 10.8 Å². The van der Waals surface area contributed by atoms with E-state index in [2.05, 4.69) is 186 Å². The molecule has 10 heteroatoms. The number of furan rings is 1. The summed E-state index contributed by atoms with van der Waals surface area (Å²) in [5.74, 6) is 1.50. The third-order valence-electron chi connectivity index (χ3n) is 14.4. The maximum absolute atomic E-state index is 12.7. The summed E-state index contributed by atoms with van der Waals surface area (Å²) < 4.78 is 15.3. The predicted octanol–water partition coefficient (Wildman–Crippen LogP) is 17.3. The molecule has 11 rings (SSSR count). The predicted molar refractivity (Wildman–Crippen MR) is 307 cm³/mol. The normalized spacial score (nSPS) is 12.4. The molecule has 0 bridgehead atoms. The number of pyridine rings is 1. The summed E-state index contributed by atoms with van der Waals surface area (Å²) in [7, 11) is 0. The minimum Gasteiger partial charge on any atom is -0.507 e. The molecule has 1 N–H and O–H groups in total. The second kappa shape index (κ2) is 19.3. The molecule has 7 aromatic carbocycles. The minimum absolute atomic E-state index is 0. The Bertz CT molecular complexity index is 4110. The van der Waals surface area contributed by atoms with Crippen LogP contribution in [0.5, 0.6) is 5.75 Å². The van der Waals surface area contributed by atoms with E-state index in [9.17, 15) is 10.4 Å². The standard InChI is InChI=1S/C67H61N6O3.Pt/c1-64(2,3)43-26-29-55(48(35-43)40-22-17-14-18-23-40)73-56-25-19-24-45(57(56)70-61(73)51-36-44(65(4,5)6)37-53(58(51)74)66(7,8)9)42-32-49-46-27-28-47(62-71-72-63(76-62)67(10,11)12)52(38-68)59(46)75-60(49)50(33-42)54-34-41(30-31-69-54)39-20-15-13-16-21-39;/h13-32,34-37,74H,1-12H3;/q-1;. The Morgan fingerprint density at radius 1 is 0.571 bits per heavy atom. The second-order valence-electron chi connectivity index (χ2n) is 24.0. The van der Waals surface area contributed by atoms with Gasteiger partial charge < -0.3 is 13.9 Å². The van der Waals surface area contributed by atoms with Gasteiger partial charge in [0.15, 0.2) is 0 Å². The topological polar surface area (TPSA) is 127 Å².